The van der Waals surface area contributed by atoms with Crippen molar-refractivity contribution in [3.63, 3.8) is 0 Å². The van der Waals surface area contributed by atoms with Gasteiger partial charge in [-0.25, -0.2) is 13.6 Å². The zero-order chi connectivity index (χ0) is 7.72. The van der Waals surface area contributed by atoms with Crippen LogP contribution in [0.5, 0.6) is 0 Å². The molecule has 0 radical (unpaired) electrons. The Kier molecular flexibility index (Phi) is 1.74. The number of nitrogens with one attached hydrogen (secondary N) is 1. The minimum Gasteiger partial charge on any atom is -0.444 e. The number of halogens is 2. The molecule has 0 aromatic carbocycles. The molecule has 0 aromatic heterocycles. The van der Waals surface area contributed by atoms with Crippen LogP contribution in [0.1, 0.15) is 6.92 Å². The lowest BCUT2D eigenvalue weighted by Crippen LogP contribution is -2.36. The van der Waals surface area contributed by atoms with Crippen LogP contribution in [0.3, 0.4) is 0 Å². The average molecular weight is 151 g/mol. The van der Waals surface area contributed by atoms with E-state index in [4.69, 9.17) is 0 Å². The van der Waals surface area contributed by atoms with Crippen LogP contribution in [0.2, 0.25) is 0 Å². The minimum absolute atomic E-state index is 0.729. The first-order valence-corrected chi connectivity index (χ1v) is 2.86. The number of alkyl halides is 2. The number of amides is 1. The molecule has 1 heterocycles. The first-order valence-electron chi connectivity index (χ1n) is 2.86. The van der Waals surface area contributed by atoms with Gasteiger partial charge in [-0.2, -0.15) is 0 Å². The summed E-state index contributed by atoms with van der Waals surface area (Å²) in [5.74, 6) is 0. The number of hydrogen-bond donors (Lipinski definition) is 1. The summed E-state index contributed by atoms with van der Waals surface area (Å²) in [6.07, 6.45) is -4.05. The second-order valence-electron chi connectivity index (χ2n) is 2.12. The number of carbonyl (C=O) groups is 1. The highest BCUT2D eigenvalue weighted by Gasteiger charge is 2.36. The number of hydrogen-bond acceptors (Lipinski definition) is 2. The van der Waals surface area contributed by atoms with Crippen LogP contribution in [0.25, 0.3) is 0 Å². The van der Waals surface area contributed by atoms with Crippen molar-refractivity contribution in [2.24, 2.45) is 0 Å². The van der Waals surface area contributed by atoms with E-state index in [0.29, 0.717) is 0 Å². The fourth-order valence-electron chi connectivity index (χ4n) is 0.797. The summed E-state index contributed by atoms with van der Waals surface area (Å²) in [4.78, 5) is 10.3. The number of rotatable bonds is 1. The van der Waals surface area contributed by atoms with E-state index in [1.807, 2.05) is 5.32 Å². The fraction of sp³-hybridized carbons (Fsp3) is 0.800. The van der Waals surface area contributed by atoms with E-state index in [9.17, 15) is 13.6 Å². The molecule has 0 spiro atoms. The fourth-order valence-corrected chi connectivity index (χ4v) is 0.797. The van der Waals surface area contributed by atoms with Crippen LogP contribution < -0.4 is 5.32 Å². The molecular weight excluding hydrogens is 144 g/mol. The molecule has 1 fully saturated rings. The highest BCUT2D eigenvalue weighted by atomic mass is 19.3. The van der Waals surface area contributed by atoms with E-state index in [-0.39, 0.29) is 0 Å². The van der Waals surface area contributed by atoms with Crippen molar-refractivity contribution in [1.29, 1.82) is 0 Å². The lowest BCUT2D eigenvalue weighted by atomic mass is 10.2. The normalized spacial score (nSPS) is 32.2. The maximum atomic E-state index is 11.9. The van der Waals surface area contributed by atoms with Gasteiger partial charge in [-0.05, 0) is 6.92 Å². The van der Waals surface area contributed by atoms with Gasteiger partial charge < -0.3 is 10.1 Å². The van der Waals surface area contributed by atoms with E-state index in [1.54, 1.807) is 0 Å². The van der Waals surface area contributed by atoms with E-state index < -0.39 is 24.7 Å². The monoisotopic (exact) mass is 151 g/mol. The number of carbonyl (C=O) groups excluding carboxylic acids is 1. The Morgan fingerprint density at radius 2 is 2.30 bits per heavy atom. The van der Waals surface area contributed by atoms with Crippen LogP contribution in [0.15, 0.2) is 0 Å². The average Bonchev–Trinajstić information content (AvgIpc) is 2.10. The van der Waals surface area contributed by atoms with E-state index >= 15 is 0 Å². The zero-order valence-electron chi connectivity index (χ0n) is 5.30. The SMILES string of the molecule is CC1OC(=O)NC1C(F)F. The number of alkyl carbamates (subject to hydrolysis) is 1. The molecule has 2 atom stereocenters. The molecule has 2 unspecified atom stereocenters. The van der Waals surface area contributed by atoms with Crippen molar-refractivity contribution in [1.82, 2.24) is 5.32 Å². The first kappa shape index (κ1) is 7.24. The van der Waals surface area contributed by atoms with Crippen molar-refractivity contribution in [3.8, 4) is 0 Å². The molecule has 1 rings (SSSR count). The van der Waals surface area contributed by atoms with Gasteiger partial charge in [0.05, 0.1) is 0 Å². The Morgan fingerprint density at radius 3 is 2.50 bits per heavy atom. The maximum Gasteiger partial charge on any atom is 0.408 e. The minimum atomic E-state index is -2.55. The number of ether oxygens (including phenoxy) is 1. The van der Waals surface area contributed by atoms with Gasteiger partial charge in [-0.3, -0.25) is 0 Å². The summed E-state index contributed by atoms with van der Waals surface area (Å²) in [5.41, 5.74) is 0. The standard InChI is InChI=1S/C5H7F2NO2/c1-2-3(4(6)7)8-5(9)10-2/h2-4H,1H3,(H,8,9). The van der Waals surface area contributed by atoms with Crippen LogP contribution in [-0.2, 0) is 4.74 Å². The van der Waals surface area contributed by atoms with Gasteiger partial charge in [-0.15, -0.1) is 0 Å². The van der Waals surface area contributed by atoms with Gasteiger partial charge in [0.15, 0.2) is 0 Å². The smallest absolute Gasteiger partial charge is 0.408 e. The highest BCUT2D eigenvalue weighted by Crippen LogP contribution is 2.14. The van der Waals surface area contributed by atoms with E-state index in [0.717, 1.165) is 0 Å². The molecule has 1 saturated heterocycles. The molecule has 0 bridgehead atoms. The predicted molar refractivity (Wildman–Crippen MR) is 28.9 cm³/mol. The Hall–Kier alpha value is -0.870. The van der Waals surface area contributed by atoms with E-state index in [1.165, 1.54) is 6.92 Å². The Labute approximate surface area is 56.3 Å². The van der Waals surface area contributed by atoms with Crippen molar-refractivity contribution in [3.05, 3.63) is 0 Å². The summed E-state index contributed by atoms with van der Waals surface area (Å²) < 4.78 is 28.1. The summed E-state index contributed by atoms with van der Waals surface area (Å²) in [7, 11) is 0. The lowest BCUT2D eigenvalue weighted by molar-refractivity contribution is 0.0665. The second kappa shape index (κ2) is 2.40. The molecule has 10 heavy (non-hydrogen) atoms. The molecule has 1 aliphatic heterocycles. The molecule has 5 heteroatoms. The molecule has 0 aliphatic carbocycles. The third-order valence-corrected chi connectivity index (χ3v) is 1.35. The van der Waals surface area contributed by atoms with Crippen molar-refractivity contribution in [2.75, 3.05) is 0 Å². The van der Waals surface area contributed by atoms with Gasteiger partial charge in [-0.1, -0.05) is 0 Å². The maximum absolute atomic E-state index is 11.9. The highest BCUT2D eigenvalue weighted by molar-refractivity contribution is 5.70. The van der Waals surface area contributed by atoms with Gasteiger partial charge in [0.25, 0.3) is 6.43 Å². The van der Waals surface area contributed by atoms with Crippen LogP contribution >= 0.6 is 0 Å². The molecule has 3 nitrogen and oxygen atoms in total. The Balaban J connectivity index is 2.54. The Morgan fingerprint density at radius 1 is 1.70 bits per heavy atom. The van der Waals surface area contributed by atoms with Crippen molar-refractivity contribution in [2.45, 2.75) is 25.5 Å². The zero-order valence-corrected chi connectivity index (χ0v) is 5.30. The largest absolute Gasteiger partial charge is 0.444 e. The second-order valence-corrected chi connectivity index (χ2v) is 2.12. The van der Waals surface area contributed by atoms with Gasteiger partial charge >= 0.3 is 6.09 Å². The molecular formula is C5H7F2NO2. The van der Waals surface area contributed by atoms with Crippen LogP contribution in [0, 0.1) is 0 Å². The van der Waals surface area contributed by atoms with Gasteiger partial charge in [0.2, 0.25) is 0 Å². The molecule has 1 aliphatic rings. The summed E-state index contributed by atoms with van der Waals surface area (Å²) >= 11 is 0. The lowest BCUT2D eigenvalue weighted by Gasteiger charge is -2.09. The van der Waals surface area contributed by atoms with E-state index in [2.05, 4.69) is 4.74 Å². The molecule has 58 valence electrons. The van der Waals surface area contributed by atoms with Gasteiger partial charge in [0, 0.05) is 0 Å². The van der Waals surface area contributed by atoms with Crippen LogP contribution in [-0.4, -0.2) is 24.7 Å². The topological polar surface area (TPSA) is 38.3 Å². The Bertz CT molecular complexity index is 151. The molecule has 0 aromatic rings. The van der Waals surface area contributed by atoms with Crippen LogP contribution in [0.4, 0.5) is 13.6 Å². The third kappa shape index (κ3) is 1.17. The first-order chi connectivity index (χ1) is 4.61. The molecule has 0 saturated carbocycles. The predicted octanol–water partition coefficient (Wildman–Crippen LogP) is 0.748. The van der Waals surface area contributed by atoms with Crippen molar-refractivity contribution >= 4 is 6.09 Å². The quantitative estimate of drug-likeness (QED) is 0.600. The summed E-state index contributed by atoms with van der Waals surface area (Å²) in [6, 6.07) is -1.15. The molecule has 1 N–H and O–H groups in total. The molecule has 1 amide bonds. The summed E-state index contributed by atoms with van der Waals surface area (Å²) in [6.45, 7) is 1.43. The number of cyclic esters (lactones) is 1. The third-order valence-electron chi connectivity index (χ3n) is 1.35. The summed E-state index contributed by atoms with van der Waals surface area (Å²) in [5, 5.41) is 1.99. The van der Waals surface area contributed by atoms with Gasteiger partial charge in [0.1, 0.15) is 12.1 Å². The van der Waals surface area contributed by atoms with Crippen molar-refractivity contribution < 1.29 is 18.3 Å².